The van der Waals surface area contributed by atoms with Crippen LogP contribution in [0.4, 0.5) is 11.4 Å². The molecular formula is C27H25N5O4S. The number of aryl methyl sites for hydroxylation is 1. The monoisotopic (exact) mass is 515 g/mol. The van der Waals surface area contributed by atoms with E-state index in [2.05, 4.69) is 10.3 Å². The fraction of sp³-hybridized carbons (Fsp3) is 0.185. The molecule has 2 aromatic carbocycles. The van der Waals surface area contributed by atoms with Gasteiger partial charge in [-0.1, -0.05) is 18.2 Å². The van der Waals surface area contributed by atoms with Crippen LogP contribution in [-0.4, -0.2) is 31.8 Å². The Kier molecular flexibility index (Phi) is 6.26. The van der Waals surface area contributed by atoms with Gasteiger partial charge in [0.25, 0.3) is 5.69 Å². The second-order valence-electron chi connectivity index (χ2n) is 8.76. The molecule has 0 saturated carbocycles. The number of aromatic nitrogens is 2. The number of hydrogen-bond acceptors (Lipinski definition) is 6. The summed E-state index contributed by atoms with van der Waals surface area (Å²) in [6.45, 7) is 3.90. The Morgan fingerprint density at radius 1 is 1.08 bits per heavy atom. The number of hydrogen-bond donors (Lipinski definition) is 2. The van der Waals surface area contributed by atoms with E-state index in [1.54, 1.807) is 24.4 Å². The normalized spacial score (nSPS) is 17.1. The second-order valence-corrected chi connectivity index (χ2v) is 9.15. The summed E-state index contributed by atoms with van der Waals surface area (Å²) in [5, 5.41) is 26.1. The lowest BCUT2D eigenvalue weighted by molar-refractivity contribution is -0.384. The summed E-state index contributed by atoms with van der Waals surface area (Å²) in [6, 6.07) is 18.7. The maximum atomic E-state index is 11.5. The third-order valence-corrected chi connectivity index (χ3v) is 6.96. The number of para-hydroxylation sites is 2. The summed E-state index contributed by atoms with van der Waals surface area (Å²) in [6.07, 6.45) is 1.73. The predicted octanol–water partition coefficient (Wildman–Crippen LogP) is 5.29. The zero-order valence-electron chi connectivity index (χ0n) is 20.5. The Balaban J connectivity index is 1.72. The molecule has 2 atom stereocenters. The number of nitro benzene ring substituents is 1. The van der Waals surface area contributed by atoms with Crippen molar-refractivity contribution in [1.82, 2.24) is 14.9 Å². The number of anilines is 1. The number of rotatable bonds is 6. The summed E-state index contributed by atoms with van der Waals surface area (Å²) in [5.74, 6) is 0.616. The van der Waals surface area contributed by atoms with Crippen LogP contribution in [0.2, 0.25) is 0 Å². The summed E-state index contributed by atoms with van der Waals surface area (Å²) in [4.78, 5) is 17.6. The molecule has 188 valence electrons. The van der Waals surface area contributed by atoms with E-state index in [9.17, 15) is 15.2 Å². The Morgan fingerprint density at radius 3 is 2.51 bits per heavy atom. The van der Waals surface area contributed by atoms with E-state index in [0.29, 0.717) is 22.2 Å². The van der Waals surface area contributed by atoms with E-state index in [1.807, 2.05) is 59.7 Å². The van der Waals surface area contributed by atoms with E-state index < -0.39 is 4.92 Å². The van der Waals surface area contributed by atoms with Gasteiger partial charge >= 0.3 is 0 Å². The second kappa shape index (κ2) is 9.55. The molecule has 37 heavy (non-hydrogen) atoms. The Morgan fingerprint density at radius 2 is 1.84 bits per heavy atom. The van der Waals surface area contributed by atoms with Crippen molar-refractivity contribution in [2.75, 3.05) is 12.0 Å². The number of phenolic OH excluding ortho intramolecular Hbond substituents is 1. The number of nitrogens with zero attached hydrogens (tertiary/aromatic N) is 4. The van der Waals surface area contributed by atoms with Gasteiger partial charge in [-0.05, 0) is 68.0 Å². The van der Waals surface area contributed by atoms with E-state index in [-0.39, 0.29) is 23.5 Å². The molecule has 0 spiro atoms. The first kappa shape index (κ1) is 24.3. The first-order chi connectivity index (χ1) is 17.8. The average Bonchev–Trinajstić information content (AvgIpc) is 3.39. The predicted molar refractivity (Wildman–Crippen MR) is 144 cm³/mol. The minimum Gasteiger partial charge on any atom is -0.506 e. The van der Waals surface area contributed by atoms with Crippen molar-refractivity contribution < 1.29 is 14.8 Å². The molecule has 1 aliphatic rings. The van der Waals surface area contributed by atoms with Crippen LogP contribution in [0.15, 0.2) is 72.9 Å². The molecule has 9 nitrogen and oxygen atoms in total. The van der Waals surface area contributed by atoms with Gasteiger partial charge in [-0.3, -0.25) is 15.1 Å². The molecule has 0 bridgehead atoms. The van der Waals surface area contributed by atoms with Gasteiger partial charge < -0.3 is 24.6 Å². The quantitative estimate of drug-likeness (QED) is 0.203. The van der Waals surface area contributed by atoms with Crippen LogP contribution in [0.1, 0.15) is 34.7 Å². The lowest BCUT2D eigenvalue weighted by Crippen LogP contribution is -2.29. The molecule has 0 aliphatic carbocycles. The average molecular weight is 516 g/mol. The van der Waals surface area contributed by atoms with Gasteiger partial charge in [0.15, 0.2) is 5.11 Å². The van der Waals surface area contributed by atoms with E-state index in [4.69, 9.17) is 17.0 Å². The molecule has 1 aliphatic heterocycles. The fourth-order valence-electron chi connectivity index (χ4n) is 5.02. The SMILES string of the molecule is COc1ccc([N+](=O)[O-])cc1-n1c(C)cc([C@H]2[C@@H](c3ccccn3)NC(=S)N2c2ccccc2O)c1C. The highest BCUT2D eigenvalue weighted by molar-refractivity contribution is 7.80. The number of phenols is 1. The van der Waals surface area contributed by atoms with Crippen LogP contribution in [0.25, 0.3) is 5.69 Å². The van der Waals surface area contributed by atoms with Gasteiger partial charge in [0.1, 0.15) is 11.5 Å². The Bertz CT molecular complexity index is 1500. The lowest BCUT2D eigenvalue weighted by atomic mass is 9.96. The van der Waals surface area contributed by atoms with Gasteiger partial charge in [0, 0.05) is 29.7 Å². The van der Waals surface area contributed by atoms with Gasteiger partial charge in [-0.15, -0.1) is 0 Å². The molecule has 10 heteroatoms. The minimum absolute atomic E-state index is 0.0317. The standard InChI is InChI=1S/C27H25N5O4S/c1-16-14-19(17(2)30(16)22-15-18(32(34)35)11-12-24(22)36-3)26-25(20-8-6-7-13-28-20)29-27(37)31(26)21-9-4-5-10-23(21)33/h4-15,25-26,33H,1-3H3,(H,29,37)/t25-,26+/m1/s1. The topological polar surface area (TPSA) is 106 Å². The van der Waals surface area contributed by atoms with Crippen molar-refractivity contribution in [3.63, 3.8) is 0 Å². The lowest BCUT2D eigenvalue weighted by Gasteiger charge is -2.28. The largest absolute Gasteiger partial charge is 0.506 e. The summed E-state index contributed by atoms with van der Waals surface area (Å²) >= 11 is 5.77. The zero-order chi connectivity index (χ0) is 26.3. The molecule has 1 fully saturated rings. The molecule has 5 rings (SSSR count). The summed E-state index contributed by atoms with van der Waals surface area (Å²) < 4.78 is 7.51. The molecule has 2 aromatic heterocycles. The molecule has 1 saturated heterocycles. The number of nitro groups is 1. The first-order valence-corrected chi connectivity index (χ1v) is 12.0. The number of methoxy groups -OCH3 is 1. The number of aromatic hydroxyl groups is 1. The van der Waals surface area contributed by atoms with Crippen LogP contribution in [0.5, 0.6) is 11.5 Å². The van der Waals surface area contributed by atoms with Crippen molar-refractivity contribution >= 4 is 28.7 Å². The highest BCUT2D eigenvalue weighted by atomic mass is 32.1. The van der Waals surface area contributed by atoms with Crippen LogP contribution in [-0.2, 0) is 0 Å². The fourth-order valence-corrected chi connectivity index (χ4v) is 5.36. The van der Waals surface area contributed by atoms with Gasteiger partial charge in [-0.2, -0.15) is 0 Å². The molecule has 2 N–H and O–H groups in total. The number of thiocarbonyl (C=S) groups is 1. The minimum atomic E-state index is -0.422. The smallest absolute Gasteiger partial charge is 0.271 e. The summed E-state index contributed by atoms with van der Waals surface area (Å²) in [7, 11) is 1.54. The van der Waals surface area contributed by atoms with Crippen molar-refractivity contribution in [1.29, 1.82) is 0 Å². The van der Waals surface area contributed by atoms with Crippen molar-refractivity contribution in [3.8, 4) is 17.2 Å². The van der Waals surface area contributed by atoms with Crippen molar-refractivity contribution in [3.05, 3.63) is 106 Å². The van der Waals surface area contributed by atoms with Gasteiger partial charge in [-0.25, -0.2) is 0 Å². The van der Waals surface area contributed by atoms with Crippen molar-refractivity contribution in [2.45, 2.75) is 25.9 Å². The number of pyridine rings is 1. The molecule has 4 aromatic rings. The molecule has 0 unspecified atom stereocenters. The van der Waals surface area contributed by atoms with E-state index in [0.717, 1.165) is 22.6 Å². The van der Waals surface area contributed by atoms with Crippen LogP contribution in [0, 0.1) is 24.0 Å². The van der Waals surface area contributed by atoms with Gasteiger partial charge in [0.2, 0.25) is 0 Å². The molecule has 3 heterocycles. The maximum absolute atomic E-state index is 11.5. The van der Waals surface area contributed by atoms with Crippen LogP contribution in [0.3, 0.4) is 0 Å². The third-order valence-electron chi connectivity index (χ3n) is 6.64. The number of ether oxygens (including phenoxy) is 1. The van der Waals surface area contributed by atoms with Crippen LogP contribution < -0.4 is 15.0 Å². The van der Waals surface area contributed by atoms with Crippen LogP contribution >= 0.6 is 12.2 Å². The number of nitrogens with one attached hydrogen (secondary N) is 1. The first-order valence-electron chi connectivity index (χ1n) is 11.6. The van der Waals surface area contributed by atoms with Gasteiger partial charge in [0.05, 0.1) is 41.2 Å². The van der Waals surface area contributed by atoms with E-state index in [1.165, 1.54) is 19.2 Å². The highest BCUT2D eigenvalue weighted by Crippen LogP contribution is 2.46. The number of non-ortho nitro benzene ring substituents is 1. The third kappa shape index (κ3) is 4.15. The highest BCUT2D eigenvalue weighted by Gasteiger charge is 2.43. The van der Waals surface area contributed by atoms with E-state index >= 15 is 0 Å². The maximum Gasteiger partial charge on any atom is 0.271 e. The number of benzene rings is 2. The molecular weight excluding hydrogens is 490 g/mol. The zero-order valence-corrected chi connectivity index (χ0v) is 21.3. The van der Waals surface area contributed by atoms with Crippen molar-refractivity contribution in [2.24, 2.45) is 0 Å². The Hall–Kier alpha value is -4.44. The summed E-state index contributed by atoms with van der Waals surface area (Å²) in [5.41, 5.74) is 4.55. The Labute approximate surface area is 219 Å². The molecule has 0 amide bonds. The molecule has 0 radical (unpaired) electrons.